The molecule has 3 heteroatoms. The van der Waals surface area contributed by atoms with Gasteiger partial charge in [0, 0.05) is 12.0 Å². The van der Waals surface area contributed by atoms with Gasteiger partial charge in [0.15, 0.2) is 11.5 Å². The number of nitrogens with one attached hydrogen (secondary N) is 1. The Bertz CT molecular complexity index is 443. The summed E-state index contributed by atoms with van der Waals surface area (Å²) in [6, 6.07) is 6.22. The minimum absolute atomic E-state index is 0.103. The highest BCUT2D eigenvalue weighted by molar-refractivity contribution is 5.50. The number of unbranched alkanes of at least 4 members (excludes halogenated alkanes) is 3. The molecule has 1 heterocycles. The third-order valence-electron chi connectivity index (χ3n) is 3.81. The van der Waals surface area contributed by atoms with E-state index >= 15 is 0 Å². The standard InChI is InChI=1S/C18H29NO2/c1-4-19-12-7-5-6-8-13-20-16-11-9-10-15-14-18(2,3)21-17(15)16/h9-11,19H,4-8,12-14H2,1-3H3. The summed E-state index contributed by atoms with van der Waals surface area (Å²) < 4.78 is 11.9. The van der Waals surface area contributed by atoms with E-state index in [1.54, 1.807) is 0 Å². The van der Waals surface area contributed by atoms with Gasteiger partial charge < -0.3 is 14.8 Å². The van der Waals surface area contributed by atoms with Gasteiger partial charge in [-0.1, -0.05) is 31.9 Å². The molecule has 1 aliphatic heterocycles. The van der Waals surface area contributed by atoms with Crippen LogP contribution in [0.1, 0.15) is 52.0 Å². The smallest absolute Gasteiger partial charge is 0.165 e. The quantitative estimate of drug-likeness (QED) is 0.699. The van der Waals surface area contributed by atoms with E-state index < -0.39 is 0 Å². The Hall–Kier alpha value is -1.22. The lowest BCUT2D eigenvalue weighted by atomic mass is 10.0. The van der Waals surface area contributed by atoms with E-state index in [-0.39, 0.29) is 5.60 Å². The van der Waals surface area contributed by atoms with Crippen molar-refractivity contribution in [3.63, 3.8) is 0 Å². The molecular formula is C18H29NO2. The van der Waals surface area contributed by atoms with E-state index in [0.29, 0.717) is 0 Å². The molecule has 0 atom stereocenters. The van der Waals surface area contributed by atoms with Crippen molar-refractivity contribution in [1.29, 1.82) is 0 Å². The summed E-state index contributed by atoms with van der Waals surface area (Å²) >= 11 is 0. The first kappa shape index (κ1) is 16.2. The van der Waals surface area contributed by atoms with Crippen molar-refractivity contribution in [2.24, 2.45) is 0 Å². The Kier molecular flexibility index (Phi) is 5.92. The molecule has 0 unspecified atom stereocenters. The molecule has 0 amide bonds. The average Bonchev–Trinajstić information content (AvgIpc) is 2.76. The summed E-state index contributed by atoms with van der Waals surface area (Å²) in [6.45, 7) is 9.38. The van der Waals surface area contributed by atoms with E-state index in [2.05, 4.69) is 38.2 Å². The fourth-order valence-electron chi connectivity index (χ4n) is 2.77. The topological polar surface area (TPSA) is 30.5 Å². The number of para-hydroxylation sites is 1. The lowest BCUT2D eigenvalue weighted by Crippen LogP contribution is -2.24. The van der Waals surface area contributed by atoms with Crippen LogP contribution in [-0.4, -0.2) is 25.3 Å². The van der Waals surface area contributed by atoms with E-state index in [0.717, 1.165) is 44.0 Å². The summed E-state index contributed by atoms with van der Waals surface area (Å²) in [5.41, 5.74) is 1.16. The molecule has 1 aromatic carbocycles. The lowest BCUT2D eigenvalue weighted by Gasteiger charge is -2.18. The van der Waals surface area contributed by atoms with Crippen LogP contribution in [0.5, 0.6) is 11.5 Å². The highest BCUT2D eigenvalue weighted by Crippen LogP contribution is 2.41. The van der Waals surface area contributed by atoms with Gasteiger partial charge in [0.2, 0.25) is 0 Å². The number of hydrogen-bond acceptors (Lipinski definition) is 3. The largest absolute Gasteiger partial charge is 0.490 e. The van der Waals surface area contributed by atoms with Crippen LogP contribution in [-0.2, 0) is 6.42 Å². The van der Waals surface area contributed by atoms with Crippen molar-refractivity contribution in [2.75, 3.05) is 19.7 Å². The number of benzene rings is 1. The van der Waals surface area contributed by atoms with Gasteiger partial charge in [0.05, 0.1) is 6.61 Å². The van der Waals surface area contributed by atoms with Crippen LogP contribution in [0.2, 0.25) is 0 Å². The summed E-state index contributed by atoms with van der Waals surface area (Å²) in [7, 11) is 0. The van der Waals surface area contributed by atoms with Gasteiger partial charge in [0.25, 0.3) is 0 Å². The van der Waals surface area contributed by atoms with E-state index in [9.17, 15) is 0 Å². The summed E-state index contributed by atoms with van der Waals surface area (Å²) in [4.78, 5) is 0. The van der Waals surface area contributed by atoms with Crippen LogP contribution >= 0.6 is 0 Å². The van der Waals surface area contributed by atoms with Crippen molar-refractivity contribution >= 4 is 0 Å². The zero-order chi connectivity index (χ0) is 15.1. The zero-order valence-corrected chi connectivity index (χ0v) is 13.7. The average molecular weight is 291 g/mol. The van der Waals surface area contributed by atoms with Gasteiger partial charge in [0.1, 0.15) is 5.60 Å². The summed E-state index contributed by atoms with van der Waals surface area (Å²) in [6.07, 6.45) is 5.83. The molecule has 21 heavy (non-hydrogen) atoms. The maximum atomic E-state index is 6.01. The first-order chi connectivity index (χ1) is 10.1. The van der Waals surface area contributed by atoms with E-state index in [1.165, 1.54) is 24.8 Å². The first-order valence-electron chi connectivity index (χ1n) is 8.27. The van der Waals surface area contributed by atoms with Gasteiger partial charge in [-0.15, -0.1) is 0 Å². The number of hydrogen-bond donors (Lipinski definition) is 1. The zero-order valence-electron chi connectivity index (χ0n) is 13.7. The molecule has 1 N–H and O–H groups in total. The van der Waals surface area contributed by atoms with E-state index in [1.807, 2.05) is 6.07 Å². The van der Waals surface area contributed by atoms with Crippen LogP contribution in [0.3, 0.4) is 0 Å². The van der Waals surface area contributed by atoms with Crippen molar-refractivity contribution in [2.45, 2.75) is 58.5 Å². The van der Waals surface area contributed by atoms with Gasteiger partial charge >= 0.3 is 0 Å². The van der Waals surface area contributed by atoms with Crippen LogP contribution < -0.4 is 14.8 Å². The normalized spacial score (nSPS) is 15.6. The molecule has 0 spiro atoms. The second-order valence-corrected chi connectivity index (χ2v) is 6.40. The third-order valence-corrected chi connectivity index (χ3v) is 3.81. The first-order valence-corrected chi connectivity index (χ1v) is 8.27. The van der Waals surface area contributed by atoms with Crippen LogP contribution in [0.15, 0.2) is 18.2 Å². The Morgan fingerprint density at radius 1 is 1.19 bits per heavy atom. The predicted octanol–water partition coefficient (Wildman–Crippen LogP) is 3.95. The minimum atomic E-state index is -0.103. The third kappa shape index (κ3) is 4.92. The molecule has 118 valence electrons. The van der Waals surface area contributed by atoms with Gasteiger partial charge in [-0.3, -0.25) is 0 Å². The number of ether oxygens (including phenoxy) is 2. The minimum Gasteiger partial charge on any atom is -0.490 e. The van der Waals surface area contributed by atoms with Gasteiger partial charge in [-0.05, 0) is 45.8 Å². The molecule has 0 saturated heterocycles. The Morgan fingerprint density at radius 2 is 2.00 bits per heavy atom. The molecular weight excluding hydrogens is 262 g/mol. The lowest BCUT2D eigenvalue weighted by molar-refractivity contribution is 0.132. The molecule has 0 aromatic heterocycles. The van der Waals surface area contributed by atoms with Crippen molar-refractivity contribution < 1.29 is 9.47 Å². The summed E-state index contributed by atoms with van der Waals surface area (Å²) in [5.74, 6) is 1.86. The number of fused-ring (bicyclic) bond motifs is 1. The molecule has 1 aliphatic rings. The van der Waals surface area contributed by atoms with Crippen LogP contribution in [0, 0.1) is 0 Å². The molecule has 1 aromatic rings. The molecule has 3 nitrogen and oxygen atoms in total. The van der Waals surface area contributed by atoms with E-state index in [4.69, 9.17) is 9.47 Å². The van der Waals surface area contributed by atoms with Gasteiger partial charge in [-0.2, -0.15) is 0 Å². The second-order valence-electron chi connectivity index (χ2n) is 6.40. The summed E-state index contributed by atoms with van der Waals surface area (Å²) in [5, 5.41) is 3.35. The maximum Gasteiger partial charge on any atom is 0.165 e. The monoisotopic (exact) mass is 291 g/mol. The Labute approximate surface area is 129 Å². The second kappa shape index (κ2) is 7.69. The van der Waals surface area contributed by atoms with Gasteiger partial charge in [-0.25, -0.2) is 0 Å². The molecule has 0 fully saturated rings. The van der Waals surface area contributed by atoms with Crippen molar-refractivity contribution in [3.8, 4) is 11.5 Å². The predicted molar refractivity (Wildman–Crippen MR) is 87.4 cm³/mol. The number of rotatable bonds is 9. The molecule has 0 bridgehead atoms. The Balaban J connectivity index is 1.70. The van der Waals surface area contributed by atoms with Crippen molar-refractivity contribution in [1.82, 2.24) is 5.32 Å². The molecule has 2 rings (SSSR count). The highest BCUT2D eigenvalue weighted by Gasteiger charge is 2.32. The molecule has 0 radical (unpaired) electrons. The fourth-order valence-corrected chi connectivity index (χ4v) is 2.77. The van der Waals surface area contributed by atoms with Crippen LogP contribution in [0.4, 0.5) is 0 Å². The molecule has 0 saturated carbocycles. The highest BCUT2D eigenvalue weighted by atomic mass is 16.5. The fraction of sp³-hybridized carbons (Fsp3) is 0.667. The SMILES string of the molecule is CCNCCCCCCOc1cccc2c1OC(C)(C)C2. The van der Waals surface area contributed by atoms with Crippen LogP contribution in [0.25, 0.3) is 0 Å². The molecule has 0 aliphatic carbocycles. The van der Waals surface area contributed by atoms with Crippen molar-refractivity contribution in [3.05, 3.63) is 23.8 Å². The maximum absolute atomic E-state index is 6.01. The Morgan fingerprint density at radius 3 is 2.81 bits per heavy atom.